The summed E-state index contributed by atoms with van der Waals surface area (Å²) >= 11 is 0. The van der Waals surface area contributed by atoms with Gasteiger partial charge in [0.25, 0.3) is 0 Å². The van der Waals surface area contributed by atoms with Crippen molar-refractivity contribution in [2.75, 3.05) is 7.05 Å². The number of rotatable bonds is 5. The first-order valence-corrected chi connectivity index (χ1v) is 8.28. The van der Waals surface area contributed by atoms with Crippen molar-refractivity contribution in [1.82, 2.24) is 9.47 Å². The Morgan fingerprint density at radius 2 is 1.64 bits per heavy atom. The number of amides is 1. The summed E-state index contributed by atoms with van der Waals surface area (Å²) in [4.78, 5) is 14.3. The van der Waals surface area contributed by atoms with Crippen LogP contribution in [-0.2, 0) is 11.2 Å². The quantitative estimate of drug-likeness (QED) is 0.679. The molecule has 25 heavy (non-hydrogen) atoms. The van der Waals surface area contributed by atoms with Crippen LogP contribution in [0.5, 0.6) is 0 Å². The highest BCUT2D eigenvalue weighted by molar-refractivity contribution is 5.79. The van der Waals surface area contributed by atoms with Gasteiger partial charge in [-0.15, -0.1) is 0 Å². The minimum absolute atomic E-state index is 0.0329. The third-order valence-electron chi connectivity index (χ3n) is 4.52. The van der Waals surface area contributed by atoms with Crippen LogP contribution in [0, 0.1) is 5.82 Å². The largest absolute Gasteiger partial charge is 0.339 e. The van der Waals surface area contributed by atoms with Crippen molar-refractivity contribution in [2.24, 2.45) is 0 Å². The normalized spacial score (nSPS) is 12.0. The fourth-order valence-corrected chi connectivity index (χ4v) is 2.77. The van der Waals surface area contributed by atoms with Crippen LogP contribution in [0.3, 0.4) is 0 Å². The standard InChI is InChI=1S/C21H21FN2O/c1-16(18-7-9-19(22)10-8-18)23(2)21(25)15-17-5-11-20(12-6-17)24-13-3-4-14-24/h3-14,16H,15H2,1-2H3/t16-/m0/s1. The van der Waals surface area contributed by atoms with Crippen LogP contribution in [0.1, 0.15) is 24.1 Å². The minimum Gasteiger partial charge on any atom is -0.339 e. The SMILES string of the molecule is C[C@@H](c1ccc(F)cc1)N(C)C(=O)Cc1ccc(-n2cccc2)cc1. The Balaban J connectivity index is 1.65. The van der Waals surface area contributed by atoms with E-state index in [2.05, 4.69) is 0 Å². The average molecular weight is 336 g/mol. The highest BCUT2D eigenvalue weighted by Crippen LogP contribution is 2.20. The molecule has 0 unspecified atom stereocenters. The van der Waals surface area contributed by atoms with Crippen molar-refractivity contribution in [3.63, 3.8) is 0 Å². The zero-order valence-electron chi connectivity index (χ0n) is 14.4. The molecule has 0 aliphatic rings. The maximum Gasteiger partial charge on any atom is 0.227 e. The zero-order valence-corrected chi connectivity index (χ0v) is 14.4. The van der Waals surface area contributed by atoms with Crippen molar-refractivity contribution in [1.29, 1.82) is 0 Å². The number of carbonyl (C=O) groups is 1. The van der Waals surface area contributed by atoms with E-state index < -0.39 is 0 Å². The maximum atomic E-state index is 13.0. The number of carbonyl (C=O) groups excluding carboxylic acids is 1. The molecule has 0 N–H and O–H groups in total. The molecule has 1 heterocycles. The number of hydrogen-bond acceptors (Lipinski definition) is 1. The molecule has 3 nitrogen and oxygen atoms in total. The van der Waals surface area contributed by atoms with Crippen molar-refractivity contribution < 1.29 is 9.18 Å². The Bertz CT molecular complexity index is 823. The number of halogens is 1. The third kappa shape index (κ3) is 3.97. The van der Waals surface area contributed by atoms with Gasteiger partial charge in [-0.3, -0.25) is 4.79 Å². The lowest BCUT2D eigenvalue weighted by atomic mass is 10.1. The van der Waals surface area contributed by atoms with Crippen molar-refractivity contribution in [2.45, 2.75) is 19.4 Å². The van der Waals surface area contributed by atoms with Crippen molar-refractivity contribution >= 4 is 5.91 Å². The van der Waals surface area contributed by atoms with Gasteiger partial charge in [0.1, 0.15) is 5.82 Å². The average Bonchev–Trinajstić information content (AvgIpc) is 3.16. The van der Waals surface area contributed by atoms with Crippen LogP contribution < -0.4 is 0 Å². The number of benzene rings is 2. The summed E-state index contributed by atoms with van der Waals surface area (Å²) in [5.41, 5.74) is 2.95. The highest BCUT2D eigenvalue weighted by atomic mass is 19.1. The molecule has 128 valence electrons. The van der Waals surface area contributed by atoms with Gasteiger partial charge in [0.2, 0.25) is 5.91 Å². The number of nitrogens with zero attached hydrogens (tertiary/aromatic N) is 2. The molecule has 3 aromatic rings. The predicted octanol–water partition coefficient (Wildman–Crippen LogP) is 4.38. The Morgan fingerprint density at radius 1 is 1.04 bits per heavy atom. The zero-order chi connectivity index (χ0) is 17.8. The van der Waals surface area contributed by atoms with Gasteiger partial charge in [-0.25, -0.2) is 4.39 Å². The second-order valence-corrected chi connectivity index (χ2v) is 6.17. The van der Waals surface area contributed by atoms with Crippen LogP contribution in [-0.4, -0.2) is 22.4 Å². The lowest BCUT2D eigenvalue weighted by molar-refractivity contribution is -0.131. The van der Waals surface area contributed by atoms with E-state index >= 15 is 0 Å². The van der Waals surface area contributed by atoms with E-state index in [1.807, 2.05) is 60.3 Å². The van der Waals surface area contributed by atoms with Crippen LogP contribution in [0.25, 0.3) is 5.69 Å². The van der Waals surface area contributed by atoms with E-state index in [0.717, 1.165) is 16.8 Å². The van der Waals surface area contributed by atoms with Gasteiger partial charge >= 0.3 is 0 Å². The summed E-state index contributed by atoms with van der Waals surface area (Å²) < 4.78 is 15.1. The van der Waals surface area contributed by atoms with E-state index in [0.29, 0.717) is 6.42 Å². The van der Waals surface area contributed by atoms with Gasteiger partial charge in [-0.05, 0) is 54.4 Å². The predicted molar refractivity (Wildman–Crippen MR) is 97.1 cm³/mol. The molecule has 3 rings (SSSR count). The second-order valence-electron chi connectivity index (χ2n) is 6.17. The Morgan fingerprint density at radius 3 is 2.24 bits per heavy atom. The summed E-state index contributed by atoms with van der Waals surface area (Å²) in [7, 11) is 1.78. The smallest absolute Gasteiger partial charge is 0.227 e. The molecule has 0 aliphatic heterocycles. The molecule has 0 aliphatic carbocycles. The lowest BCUT2D eigenvalue weighted by Gasteiger charge is -2.25. The van der Waals surface area contributed by atoms with E-state index in [4.69, 9.17) is 0 Å². The van der Waals surface area contributed by atoms with E-state index in [1.165, 1.54) is 12.1 Å². The summed E-state index contributed by atoms with van der Waals surface area (Å²) in [6, 6.07) is 18.1. The second kappa shape index (κ2) is 7.34. The molecule has 0 fully saturated rings. The summed E-state index contributed by atoms with van der Waals surface area (Å²) in [5, 5.41) is 0. The molecule has 2 aromatic carbocycles. The monoisotopic (exact) mass is 336 g/mol. The van der Waals surface area contributed by atoms with Crippen LogP contribution in [0.4, 0.5) is 4.39 Å². The Labute approximate surface area is 147 Å². The van der Waals surface area contributed by atoms with Gasteiger partial charge in [0.15, 0.2) is 0 Å². The van der Waals surface area contributed by atoms with Crippen LogP contribution >= 0.6 is 0 Å². The first-order valence-electron chi connectivity index (χ1n) is 8.28. The number of likely N-dealkylation sites (N-methyl/N-ethyl adjacent to an activating group) is 1. The summed E-state index contributed by atoms with van der Waals surface area (Å²) in [6.07, 6.45) is 4.31. The van der Waals surface area contributed by atoms with E-state index in [1.54, 1.807) is 24.1 Å². The molecule has 0 saturated carbocycles. The highest BCUT2D eigenvalue weighted by Gasteiger charge is 2.17. The molecular weight excluding hydrogens is 315 g/mol. The Hall–Kier alpha value is -2.88. The lowest BCUT2D eigenvalue weighted by Crippen LogP contribution is -2.30. The molecule has 1 atom stereocenters. The Kier molecular flexibility index (Phi) is 4.98. The van der Waals surface area contributed by atoms with Crippen LogP contribution in [0.15, 0.2) is 73.1 Å². The van der Waals surface area contributed by atoms with E-state index in [9.17, 15) is 9.18 Å². The number of hydrogen-bond donors (Lipinski definition) is 0. The van der Waals surface area contributed by atoms with Crippen molar-refractivity contribution in [3.05, 3.63) is 90.0 Å². The van der Waals surface area contributed by atoms with E-state index in [-0.39, 0.29) is 17.8 Å². The molecule has 4 heteroatoms. The first-order chi connectivity index (χ1) is 12.0. The fourth-order valence-electron chi connectivity index (χ4n) is 2.77. The minimum atomic E-state index is -0.271. The molecule has 0 spiro atoms. The summed E-state index contributed by atoms with van der Waals surface area (Å²) in [6.45, 7) is 1.94. The number of aromatic nitrogens is 1. The summed E-state index contributed by atoms with van der Waals surface area (Å²) in [5.74, 6) is -0.238. The molecular formula is C21H21FN2O. The van der Waals surface area contributed by atoms with Gasteiger partial charge in [-0.2, -0.15) is 0 Å². The molecule has 1 aromatic heterocycles. The van der Waals surface area contributed by atoms with Crippen LogP contribution in [0.2, 0.25) is 0 Å². The van der Waals surface area contributed by atoms with Crippen molar-refractivity contribution in [3.8, 4) is 5.69 Å². The molecule has 0 radical (unpaired) electrons. The maximum absolute atomic E-state index is 13.0. The van der Waals surface area contributed by atoms with Gasteiger partial charge in [0.05, 0.1) is 12.5 Å². The fraction of sp³-hybridized carbons (Fsp3) is 0.190. The first kappa shape index (κ1) is 17.0. The van der Waals surface area contributed by atoms with Gasteiger partial charge < -0.3 is 9.47 Å². The molecule has 1 amide bonds. The topological polar surface area (TPSA) is 25.2 Å². The van der Waals surface area contributed by atoms with Gasteiger partial charge in [0, 0.05) is 25.1 Å². The molecule has 0 bridgehead atoms. The molecule has 0 saturated heterocycles. The van der Waals surface area contributed by atoms with Gasteiger partial charge in [-0.1, -0.05) is 24.3 Å². The third-order valence-corrected chi connectivity index (χ3v) is 4.52.